The fourth-order valence-corrected chi connectivity index (χ4v) is 2.58. The molecule has 0 aromatic heterocycles. The van der Waals surface area contributed by atoms with Crippen LogP contribution in [0.25, 0.3) is 0 Å². The van der Waals surface area contributed by atoms with Crippen molar-refractivity contribution in [2.45, 2.75) is 40.2 Å². The summed E-state index contributed by atoms with van der Waals surface area (Å²) >= 11 is 5.23. The molecule has 0 saturated heterocycles. The van der Waals surface area contributed by atoms with Gasteiger partial charge in [-0.15, -0.1) is 0 Å². The molecule has 0 heterocycles. The average Bonchev–Trinajstić information content (AvgIpc) is 2.64. The van der Waals surface area contributed by atoms with Crippen LogP contribution < -0.4 is 20.7 Å². The summed E-state index contributed by atoms with van der Waals surface area (Å²) in [5, 5.41) is 8.61. The van der Waals surface area contributed by atoms with Crippen LogP contribution in [0.15, 0.2) is 42.5 Å². The minimum atomic E-state index is -0.319. The van der Waals surface area contributed by atoms with Gasteiger partial charge in [-0.25, -0.2) is 0 Å². The number of thiocarbonyl (C=S) groups is 1. The monoisotopic (exact) mass is 399 g/mol. The highest BCUT2D eigenvalue weighted by Gasteiger charge is 2.10. The van der Waals surface area contributed by atoms with Crippen LogP contribution in [-0.2, 0) is 4.79 Å². The number of carbonyl (C=O) groups is 2. The van der Waals surface area contributed by atoms with Crippen molar-refractivity contribution >= 4 is 40.5 Å². The van der Waals surface area contributed by atoms with Crippen LogP contribution in [0.4, 0.5) is 11.4 Å². The quantitative estimate of drug-likeness (QED) is 0.633. The molecule has 0 atom stereocenters. The molecular formula is C21H25N3O3S. The van der Waals surface area contributed by atoms with Crippen molar-refractivity contribution < 1.29 is 14.3 Å². The Bertz CT molecular complexity index is 864. The number of rotatable bonds is 6. The number of benzene rings is 2. The smallest absolute Gasteiger partial charge is 0.257 e. The van der Waals surface area contributed by atoms with Crippen LogP contribution in [0.3, 0.4) is 0 Å². The molecule has 6 nitrogen and oxygen atoms in total. The molecule has 7 heteroatoms. The molecule has 0 bridgehead atoms. The van der Waals surface area contributed by atoms with E-state index in [1.54, 1.807) is 37.3 Å². The van der Waals surface area contributed by atoms with E-state index >= 15 is 0 Å². The molecule has 2 aromatic carbocycles. The van der Waals surface area contributed by atoms with Crippen LogP contribution in [0.1, 0.15) is 43.1 Å². The van der Waals surface area contributed by atoms with E-state index in [1.165, 1.54) is 0 Å². The first-order valence-electron chi connectivity index (χ1n) is 9.08. The average molecular weight is 400 g/mol. The molecule has 2 rings (SSSR count). The maximum atomic E-state index is 12.3. The molecule has 0 aliphatic rings. The predicted molar refractivity (Wildman–Crippen MR) is 116 cm³/mol. The first-order chi connectivity index (χ1) is 13.3. The Kier molecular flexibility index (Phi) is 7.52. The lowest BCUT2D eigenvalue weighted by Gasteiger charge is -2.13. The van der Waals surface area contributed by atoms with E-state index < -0.39 is 0 Å². The summed E-state index contributed by atoms with van der Waals surface area (Å²) in [6.45, 7) is 7.57. The van der Waals surface area contributed by atoms with Crippen LogP contribution in [0, 0.1) is 6.92 Å². The molecule has 0 aliphatic carbocycles. The molecular weight excluding hydrogens is 374 g/mol. The van der Waals surface area contributed by atoms with E-state index in [4.69, 9.17) is 17.0 Å². The number of amides is 2. The molecule has 0 radical (unpaired) electrons. The zero-order valence-corrected chi connectivity index (χ0v) is 17.3. The number of hydrogen-bond acceptors (Lipinski definition) is 4. The Morgan fingerprint density at radius 3 is 2.36 bits per heavy atom. The Labute approximate surface area is 170 Å². The molecule has 2 amide bonds. The minimum absolute atomic E-state index is 0.0676. The lowest BCUT2D eigenvalue weighted by molar-refractivity contribution is -0.115. The van der Waals surface area contributed by atoms with Gasteiger partial charge in [-0.05, 0) is 75.0 Å². The second kappa shape index (κ2) is 9.85. The molecule has 0 spiro atoms. The summed E-state index contributed by atoms with van der Waals surface area (Å²) in [5.74, 6) is 0.315. The molecule has 3 N–H and O–H groups in total. The molecule has 0 saturated carbocycles. The van der Waals surface area contributed by atoms with Gasteiger partial charge in [0.15, 0.2) is 5.11 Å². The van der Waals surface area contributed by atoms with Crippen molar-refractivity contribution in [3.8, 4) is 5.75 Å². The summed E-state index contributed by atoms with van der Waals surface area (Å²) in [6.07, 6.45) is 0.463. The largest absolute Gasteiger partial charge is 0.491 e. The molecule has 0 unspecified atom stereocenters. The topological polar surface area (TPSA) is 79.5 Å². The number of aryl methyl sites for hydroxylation is 1. The van der Waals surface area contributed by atoms with Crippen LogP contribution in [0.5, 0.6) is 5.75 Å². The number of ether oxygens (including phenoxy) is 1. The van der Waals surface area contributed by atoms with E-state index in [0.717, 1.165) is 5.56 Å². The van der Waals surface area contributed by atoms with Crippen molar-refractivity contribution in [1.29, 1.82) is 0 Å². The molecule has 28 heavy (non-hydrogen) atoms. The minimum Gasteiger partial charge on any atom is -0.491 e. The van der Waals surface area contributed by atoms with Crippen molar-refractivity contribution in [1.82, 2.24) is 5.32 Å². The third kappa shape index (κ3) is 6.35. The zero-order valence-electron chi connectivity index (χ0n) is 16.5. The highest BCUT2D eigenvalue weighted by molar-refractivity contribution is 7.80. The number of hydrogen-bond donors (Lipinski definition) is 3. The molecule has 148 valence electrons. The molecule has 2 aromatic rings. The fraction of sp³-hybridized carbons (Fsp3) is 0.286. The van der Waals surface area contributed by atoms with Crippen LogP contribution in [-0.4, -0.2) is 23.0 Å². The third-order valence-electron chi connectivity index (χ3n) is 3.81. The van der Waals surface area contributed by atoms with E-state index in [0.29, 0.717) is 29.1 Å². The second-order valence-electron chi connectivity index (χ2n) is 6.53. The standard InChI is InChI=1S/C21H25N3O3S/c1-5-19(25)23-18-12-16(9-6-14(18)4)22-21(28)24-20(26)15-7-10-17(11-8-15)27-13(2)3/h6-13H,5H2,1-4H3,(H,23,25)(H2,22,24,26,28). The highest BCUT2D eigenvalue weighted by Crippen LogP contribution is 2.20. The van der Waals surface area contributed by atoms with Gasteiger partial charge in [0.2, 0.25) is 5.91 Å². The van der Waals surface area contributed by atoms with Crippen molar-refractivity contribution in [2.24, 2.45) is 0 Å². The Balaban J connectivity index is 1.98. The van der Waals surface area contributed by atoms with Crippen LogP contribution in [0.2, 0.25) is 0 Å². The van der Waals surface area contributed by atoms with E-state index in [2.05, 4.69) is 16.0 Å². The van der Waals surface area contributed by atoms with Gasteiger partial charge in [0, 0.05) is 23.4 Å². The van der Waals surface area contributed by atoms with Gasteiger partial charge in [0.05, 0.1) is 6.10 Å². The fourth-order valence-electron chi connectivity index (χ4n) is 2.37. The first kappa shape index (κ1) is 21.4. The summed E-state index contributed by atoms with van der Waals surface area (Å²) < 4.78 is 5.57. The normalized spacial score (nSPS) is 10.3. The maximum absolute atomic E-state index is 12.3. The summed E-state index contributed by atoms with van der Waals surface area (Å²) in [4.78, 5) is 24.0. The SMILES string of the molecule is CCC(=O)Nc1cc(NC(=S)NC(=O)c2ccc(OC(C)C)cc2)ccc1C. The summed E-state index contributed by atoms with van der Waals surface area (Å²) in [7, 11) is 0. The zero-order chi connectivity index (χ0) is 20.7. The highest BCUT2D eigenvalue weighted by atomic mass is 32.1. The summed E-state index contributed by atoms with van der Waals surface area (Å²) in [5.41, 5.74) is 2.78. The van der Waals surface area contributed by atoms with Gasteiger partial charge in [-0.3, -0.25) is 14.9 Å². The van der Waals surface area contributed by atoms with Gasteiger partial charge in [-0.1, -0.05) is 13.0 Å². The van der Waals surface area contributed by atoms with Crippen LogP contribution >= 0.6 is 12.2 Å². The number of anilines is 2. The van der Waals surface area contributed by atoms with Crippen molar-refractivity contribution in [3.63, 3.8) is 0 Å². The van der Waals surface area contributed by atoms with Crippen molar-refractivity contribution in [2.75, 3.05) is 10.6 Å². The second-order valence-corrected chi connectivity index (χ2v) is 6.94. The van der Waals surface area contributed by atoms with Gasteiger partial charge in [-0.2, -0.15) is 0 Å². The Morgan fingerprint density at radius 2 is 1.75 bits per heavy atom. The van der Waals surface area contributed by atoms with Gasteiger partial charge < -0.3 is 15.4 Å². The third-order valence-corrected chi connectivity index (χ3v) is 4.01. The maximum Gasteiger partial charge on any atom is 0.257 e. The van der Waals surface area contributed by atoms with Crippen molar-refractivity contribution in [3.05, 3.63) is 53.6 Å². The van der Waals surface area contributed by atoms with Gasteiger partial charge in [0.25, 0.3) is 5.91 Å². The first-order valence-corrected chi connectivity index (χ1v) is 9.49. The van der Waals surface area contributed by atoms with Gasteiger partial charge >= 0.3 is 0 Å². The number of carbonyl (C=O) groups excluding carboxylic acids is 2. The van der Waals surface area contributed by atoms with Gasteiger partial charge in [0.1, 0.15) is 5.75 Å². The Morgan fingerprint density at radius 1 is 1.07 bits per heavy atom. The van der Waals surface area contributed by atoms with E-state index in [1.807, 2.05) is 32.9 Å². The van der Waals surface area contributed by atoms with E-state index in [-0.39, 0.29) is 23.0 Å². The lowest BCUT2D eigenvalue weighted by atomic mass is 10.1. The summed E-state index contributed by atoms with van der Waals surface area (Å²) in [6, 6.07) is 12.3. The number of nitrogens with one attached hydrogen (secondary N) is 3. The predicted octanol–water partition coefficient (Wildman–Crippen LogP) is 4.26. The molecule has 0 aliphatic heterocycles. The molecule has 0 fully saturated rings. The Hall–Kier alpha value is -2.93. The lowest BCUT2D eigenvalue weighted by Crippen LogP contribution is -2.34. The van der Waals surface area contributed by atoms with E-state index in [9.17, 15) is 9.59 Å².